The third kappa shape index (κ3) is 3.17. The minimum atomic E-state index is -0.509. The molecule has 0 unspecified atom stereocenters. The SMILES string of the molecule is CCONC(=O)c1cc(CC)c(CC)[nH]c1=O. The van der Waals surface area contributed by atoms with Crippen molar-refractivity contribution in [1.82, 2.24) is 10.5 Å². The highest BCUT2D eigenvalue weighted by Gasteiger charge is 2.13. The van der Waals surface area contributed by atoms with Crippen LogP contribution in [0.4, 0.5) is 0 Å². The lowest BCUT2D eigenvalue weighted by Crippen LogP contribution is -2.30. The Morgan fingerprint density at radius 1 is 1.35 bits per heavy atom. The smallest absolute Gasteiger partial charge is 0.280 e. The summed E-state index contributed by atoms with van der Waals surface area (Å²) in [4.78, 5) is 30.8. The maximum absolute atomic E-state index is 11.7. The van der Waals surface area contributed by atoms with Crippen LogP contribution in [0.2, 0.25) is 0 Å². The van der Waals surface area contributed by atoms with Gasteiger partial charge in [0.1, 0.15) is 5.56 Å². The van der Waals surface area contributed by atoms with Crippen molar-refractivity contribution in [2.75, 3.05) is 6.61 Å². The summed E-state index contributed by atoms with van der Waals surface area (Å²) in [7, 11) is 0. The predicted octanol–water partition coefficient (Wildman–Crippen LogP) is 1.18. The van der Waals surface area contributed by atoms with E-state index in [9.17, 15) is 9.59 Å². The van der Waals surface area contributed by atoms with E-state index >= 15 is 0 Å². The molecule has 1 rings (SSSR count). The molecule has 5 nitrogen and oxygen atoms in total. The fourth-order valence-corrected chi connectivity index (χ4v) is 1.60. The molecule has 0 saturated heterocycles. The van der Waals surface area contributed by atoms with Crippen molar-refractivity contribution >= 4 is 5.91 Å². The molecule has 1 aromatic rings. The second kappa shape index (κ2) is 6.20. The van der Waals surface area contributed by atoms with Crippen LogP contribution >= 0.6 is 0 Å². The molecule has 0 aliphatic rings. The van der Waals surface area contributed by atoms with E-state index < -0.39 is 5.91 Å². The summed E-state index contributed by atoms with van der Waals surface area (Å²) >= 11 is 0. The Morgan fingerprint density at radius 3 is 2.59 bits per heavy atom. The normalized spacial score (nSPS) is 10.3. The van der Waals surface area contributed by atoms with Gasteiger partial charge in [0, 0.05) is 5.69 Å². The standard InChI is InChI=1S/C12H18N2O3/c1-4-8-7-9(12(16)14-17-6-3)11(15)13-10(8)5-2/h7H,4-6H2,1-3H3,(H,13,15)(H,14,16). The highest BCUT2D eigenvalue weighted by Crippen LogP contribution is 2.07. The Hall–Kier alpha value is -1.62. The van der Waals surface area contributed by atoms with E-state index in [0.29, 0.717) is 6.61 Å². The zero-order chi connectivity index (χ0) is 12.8. The molecule has 1 heterocycles. The molecule has 0 spiro atoms. The molecule has 0 atom stereocenters. The van der Waals surface area contributed by atoms with Crippen LogP contribution in [-0.2, 0) is 17.7 Å². The molecule has 0 saturated carbocycles. The second-order valence-electron chi connectivity index (χ2n) is 3.59. The summed E-state index contributed by atoms with van der Waals surface area (Å²) in [6, 6.07) is 1.63. The molecular formula is C12H18N2O3. The van der Waals surface area contributed by atoms with E-state index in [1.807, 2.05) is 13.8 Å². The molecule has 0 radical (unpaired) electrons. The Bertz CT molecular complexity index is 452. The predicted molar refractivity (Wildman–Crippen MR) is 64.9 cm³/mol. The number of aryl methyl sites for hydroxylation is 2. The van der Waals surface area contributed by atoms with Crippen LogP contribution < -0.4 is 11.0 Å². The number of H-pyrrole nitrogens is 1. The maximum Gasteiger partial charge on any atom is 0.280 e. The topological polar surface area (TPSA) is 71.2 Å². The number of hydrogen-bond acceptors (Lipinski definition) is 3. The molecular weight excluding hydrogens is 220 g/mol. The Labute approximate surface area is 100 Å². The van der Waals surface area contributed by atoms with Crippen LogP contribution in [-0.4, -0.2) is 17.5 Å². The second-order valence-corrected chi connectivity index (χ2v) is 3.59. The van der Waals surface area contributed by atoms with Crippen LogP contribution in [0.1, 0.15) is 42.4 Å². The molecule has 94 valence electrons. The van der Waals surface area contributed by atoms with Crippen molar-refractivity contribution in [2.45, 2.75) is 33.6 Å². The number of pyridine rings is 1. The summed E-state index contributed by atoms with van der Waals surface area (Å²) in [6.07, 6.45) is 1.51. The fraction of sp³-hybridized carbons (Fsp3) is 0.500. The zero-order valence-corrected chi connectivity index (χ0v) is 10.4. The summed E-state index contributed by atoms with van der Waals surface area (Å²) in [5, 5.41) is 0. The summed E-state index contributed by atoms with van der Waals surface area (Å²) < 4.78 is 0. The van der Waals surface area contributed by atoms with Gasteiger partial charge in [0.25, 0.3) is 11.5 Å². The molecule has 0 aliphatic carbocycles. The van der Waals surface area contributed by atoms with Gasteiger partial charge in [-0.05, 0) is 31.4 Å². The number of amides is 1. The monoisotopic (exact) mass is 238 g/mol. The van der Waals surface area contributed by atoms with E-state index in [0.717, 1.165) is 24.1 Å². The van der Waals surface area contributed by atoms with Crippen LogP contribution in [0, 0.1) is 0 Å². The first-order valence-corrected chi connectivity index (χ1v) is 5.81. The van der Waals surface area contributed by atoms with E-state index in [-0.39, 0.29) is 11.1 Å². The molecule has 0 bridgehead atoms. The lowest BCUT2D eigenvalue weighted by Gasteiger charge is -2.08. The van der Waals surface area contributed by atoms with Crippen molar-refractivity contribution < 1.29 is 9.63 Å². The molecule has 5 heteroatoms. The molecule has 0 aromatic carbocycles. The van der Waals surface area contributed by atoms with E-state index in [4.69, 9.17) is 4.84 Å². The van der Waals surface area contributed by atoms with Crippen LogP contribution in [0.5, 0.6) is 0 Å². The van der Waals surface area contributed by atoms with Crippen molar-refractivity contribution in [3.8, 4) is 0 Å². The molecule has 0 aliphatic heterocycles. The molecule has 1 aromatic heterocycles. The number of hydroxylamine groups is 1. The summed E-state index contributed by atoms with van der Waals surface area (Å²) in [5.74, 6) is -0.509. The van der Waals surface area contributed by atoms with Gasteiger partial charge in [-0.1, -0.05) is 13.8 Å². The maximum atomic E-state index is 11.7. The number of nitrogens with one attached hydrogen (secondary N) is 2. The lowest BCUT2D eigenvalue weighted by atomic mass is 10.1. The largest absolute Gasteiger partial charge is 0.325 e. The Morgan fingerprint density at radius 2 is 2.06 bits per heavy atom. The molecule has 1 amide bonds. The van der Waals surface area contributed by atoms with Gasteiger partial charge in [0.05, 0.1) is 6.61 Å². The Balaban J connectivity index is 3.08. The average Bonchev–Trinajstić information content (AvgIpc) is 2.35. The van der Waals surface area contributed by atoms with Crippen molar-refractivity contribution in [3.05, 3.63) is 33.2 Å². The van der Waals surface area contributed by atoms with Gasteiger partial charge in [0.15, 0.2) is 0 Å². The van der Waals surface area contributed by atoms with Gasteiger partial charge in [-0.3, -0.25) is 14.4 Å². The number of carbonyl (C=O) groups is 1. The molecule has 17 heavy (non-hydrogen) atoms. The van der Waals surface area contributed by atoms with Gasteiger partial charge < -0.3 is 4.98 Å². The number of carbonyl (C=O) groups excluding carboxylic acids is 1. The molecule has 2 N–H and O–H groups in total. The quantitative estimate of drug-likeness (QED) is 0.757. The molecule has 0 fully saturated rings. The minimum Gasteiger partial charge on any atom is -0.325 e. The summed E-state index contributed by atoms with van der Waals surface area (Å²) in [5.41, 5.74) is 3.79. The zero-order valence-electron chi connectivity index (χ0n) is 10.4. The summed E-state index contributed by atoms with van der Waals surface area (Å²) in [6.45, 7) is 6.06. The van der Waals surface area contributed by atoms with Gasteiger partial charge in [-0.15, -0.1) is 0 Å². The number of aromatic amines is 1. The van der Waals surface area contributed by atoms with Crippen molar-refractivity contribution in [1.29, 1.82) is 0 Å². The Kier molecular flexibility index (Phi) is 4.90. The third-order valence-electron chi connectivity index (χ3n) is 2.50. The van der Waals surface area contributed by atoms with Gasteiger partial charge in [-0.25, -0.2) is 5.48 Å². The van der Waals surface area contributed by atoms with Crippen molar-refractivity contribution in [2.24, 2.45) is 0 Å². The van der Waals surface area contributed by atoms with E-state index in [1.165, 1.54) is 0 Å². The minimum absolute atomic E-state index is 0.0903. The van der Waals surface area contributed by atoms with Crippen LogP contribution in [0.3, 0.4) is 0 Å². The van der Waals surface area contributed by atoms with Gasteiger partial charge >= 0.3 is 0 Å². The first-order chi connectivity index (χ1) is 8.13. The number of hydrogen-bond donors (Lipinski definition) is 2. The van der Waals surface area contributed by atoms with E-state index in [1.54, 1.807) is 13.0 Å². The third-order valence-corrected chi connectivity index (χ3v) is 2.50. The van der Waals surface area contributed by atoms with Gasteiger partial charge in [-0.2, -0.15) is 0 Å². The average molecular weight is 238 g/mol. The van der Waals surface area contributed by atoms with Crippen LogP contribution in [0.15, 0.2) is 10.9 Å². The lowest BCUT2D eigenvalue weighted by molar-refractivity contribution is 0.0363. The van der Waals surface area contributed by atoms with Crippen LogP contribution in [0.25, 0.3) is 0 Å². The first kappa shape index (κ1) is 13.4. The van der Waals surface area contributed by atoms with E-state index in [2.05, 4.69) is 10.5 Å². The number of rotatable bonds is 5. The highest BCUT2D eigenvalue weighted by molar-refractivity contribution is 5.93. The van der Waals surface area contributed by atoms with Gasteiger partial charge in [0.2, 0.25) is 0 Å². The fourth-order valence-electron chi connectivity index (χ4n) is 1.60. The number of aromatic nitrogens is 1. The van der Waals surface area contributed by atoms with Crippen molar-refractivity contribution in [3.63, 3.8) is 0 Å². The first-order valence-electron chi connectivity index (χ1n) is 5.81. The highest BCUT2D eigenvalue weighted by atomic mass is 16.6.